The first-order valence-corrected chi connectivity index (χ1v) is 7.11. The first-order valence-electron chi connectivity index (χ1n) is 7.11. The van der Waals surface area contributed by atoms with Crippen molar-refractivity contribution in [2.45, 2.75) is 6.92 Å². The molecule has 0 saturated heterocycles. The number of rotatable bonds is 3. The molecule has 0 unspecified atom stereocenters. The van der Waals surface area contributed by atoms with E-state index in [0.29, 0.717) is 5.56 Å². The second-order valence-electron chi connectivity index (χ2n) is 5.19. The third-order valence-corrected chi connectivity index (χ3v) is 3.68. The van der Waals surface area contributed by atoms with Crippen LogP contribution >= 0.6 is 0 Å². The van der Waals surface area contributed by atoms with Crippen LogP contribution in [-0.2, 0) is 0 Å². The second-order valence-corrected chi connectivity index (χ2v) is 5.19. The van der Waals surface area contributed by atoms with Crippen molar-refractivity contribution < 1.29 is 9.18 Å². The van der Waals surface area contributed by atoms with Gasteiger partial charge in [0.1, 0.15) is 5.82 Å². The predicted octanol–water partition coefficient (Wildman–Crippen LogP) is 5.36. The molecule has 0 aliphatic carbocycles. The number of hydrogen-bond donors (Lipinski definition) is 0. The van der Waals surface area contributed by atoms with Gasteiger partial charge in [0.25, 0.3) is 0 Å². The van der Waals surface area contributed by atoms with Crippen LogP contribution in [0.3, 0.4) is 0 Å². The Morgan fingerprint density at radius 3 is 1.64 bits per heavy atom. The second kappa shape index (κ2) is 5.94. The van der Waals surface area contributed by atoms with Crippen LogP contribution in [0.5, 0.6) is 0 Å². The van der Waals surface area contributed by atoms with Gasteiger partial charge in [0, 0.05) is 5.56 Å². The summed E-state index contributed by atoms with van der Waals surface area (Å²) in [7, 11) is 0. The van der Waals surface area contributed by atoms with Gasteiger partial charge in [-0.2, -0.15) is 0 Å². The lowest BCUT2D eigenvalue weighted by atomic mass is 9.94. The van der Waals surface area contributed by atoms with Crippen molar-refractivity contribution in [3.05, 3.63) is 84.2 Å². The highest BCUT2D eigenvalue weighted by atomic mass is 19.1. The van der Waals surface area contributed by atoms with Gasteiger partial charge in [-0.05, 0) is 41.3 Å². The molecule has 0 bridgehead atoms. The summed E-state index contributed by atoms with van der Waals surface area (Å²) in [5.41, 5.74) is 4.79. The lowest BCUT2D eigenvalue weighted by Crippen LogP contribution is -1.91. The maximum Gasteiger partial charge on any atom is 0.159 e. The summed E-state index contributed by atoms with van der Waals surface area (Å²) >= 11 is 0. The summed E-state index contributed by atoms with van der Waals surface area (Å²) in [6.45, 7) is 1.56. The molecule has 0 N–H and O–H groups in total. The molecule has 0 spiro atoms. The van der Waals surface area contributed by atoms with Crippen molar-refractivity contribution in [1.29, 1.82) is 0 Å². The van der Waals surface area contributed by atoms with E-state index < -0.39 is 0 Å². The molecule has 108 valence electrons. The summed E-state index contributed by atoms with van der Waals surface area (Å²) in [5.74, 6) is -0.189. The summed E-state index contributed by atoms with van der Waals surface area (Å²) in [6.07, 6.45) is 0. The molecule has 1 nitrogen and oxygen atoms in total. The Labute approximate surface area is 129 Å². The van der Waals surface area contributed by atoms with Crippen molar-refractivity contribution in [3.8, 4) is 22.3 Å². The van der Waals surface area contributed by atoms with Crippen molar-refractivity contribution >= 4 is 5.78 Å². The van der Waals surface area contributed by atoms with Crippen LogP contribution in [0.2, 0.25) is 0 Å². The number of Topliss-reactive ketones (excluding diaryl/α,β-unsaturated/α-hetero) is 1. The van der Waals surface area contributed by atoms with Crippen LogP contribution in [-0.4, -0.2) is 5.78 Å². The minimum Gasteiger partial charge on any atom is -0.295 e. The summed E-state index contributed by atoms with van der Waals surface area (Å²) in [4.78, 5) is 11.4. The first-order chi connectivity index (χ1) is 10.6. The standard InChI is InChI=1S/C20H15FO/c1-14(22)15-6-8-16(9-7-15)19-4-2-3-5-20(19)17-10-12-18(21)13-11-17/h2-13H,1H3. The van der Waals surface area contributed by atoms with Crippen LogP contribution in [0.4, 0.5) is 4.39 Å². The van der Waals surface area contributed by atoms with Crippen LogP contribution in [0.25, 0.3) is 22.3 Å². The fourth-order valence-corrected chi connectivity index (χ4v) is 2.50. The van der Waals surface area contributed by atoms with E-state index in [4.69, 9.17) is 0 Å². The van der Waals surface area contributed by atoms with E-state index in [0.717, 1.165) is 22.3 Å². The zero-order valence-electron chi connectivity index (χ0n) is 12.2. The van der Waals surface area contributed by atoms with Crippen molar-refractivity contribution in [2.24, 2.45) is 0 Å². The van der Waals surface area contributed by atoms with E-state index in [1.807, 2.05) is 48.5 Å². The van der Waals surface area contributed by atoms with Gasteiger partial charge in [0.2, 0.25) is 0 Å². The molecule has 3 rings (SSSR count). The number of carbonyl (C=O) groups is 1. The van der Waals surface area contributed by atoms with Crippen LogP contribution < -0.4 is 0 Å². The first kappa shape index (κ1) is 14.2. The number of halogens is 1. The highest BCUT2D eigenvalue weighted by molar-refractivity contribution is 5.95. The van der Waals surface area contributed by atoms with Crippen LogP contribution in [0.15, 0.2) is 72.8 Å². The minimum absolute atomic E-state index is 0.0540. The number of carbonyl (C=O) groups excluding carboxylic acids is 1. The molecule has 0 aromatic heterocycles. The third-order valence-electron chi connectivity index (χ3n) is 3.68. The van der Waals surface area contributed by atoms with E-state index in [1.165, 1.54) is 12.1 Å². The molecule has 0 saturated carbocycles. The summed E-state index contributed by atoms with van der Waals surface area (Å²) in [6, 6.07) is 22.0. The number of hydrogen-bond acceptors (Lipinski definition) is 1. The zero-order chi connectivity index (χ0) is 15.5. The lowest BCUT2D eigenvalue weighted by Gasteiger charge is -2.10. The Morgan fingerprint density at radius 2 is 1.18 bits per heavy atom. The lowest BCUT2D eigenvalue weighted by molar-refractivity contribution is 0.101. The normalized spacial score (nSPS) is 10.5. The Kier molecular flexibility index (Phi) is 3.84. The molecule has 0 atom stereocenters. The van der Waals surface area contributed by atoms with Crippen molar-refractivity contribution in [3.63, 3.8) is 0 Å². The van der Waals surface area contributed by atoms with Gasteiger partial charge in [-0.15, -0.1) is 0 Å². The Hall–Kier alpha value is -2.74. The van der Waals surface area contributed by atoms with Gasteiger partial charge in [0.15, 0.2) is 5.78 Å². The van der Waals surface area contributed by atoms with E-state index >= 15 is 0 Å². The van der Waals surface area contributed by atoms with Gasteiger partial charge >= 0.3 is 0 Å². The molecule has 0 radical (unpaired) electrons. The molecule has 0 fully saturated rings. The minimum atomic E-state index is -0.243. The maximum absolute atomic E-state index is 13.1. The molecule has 0 aliphatic heterocycles. The average Bonchev–Trinajstić information content (AvgIpc) is 2.56. The topological polar surface area (TPSA) is 17.1 Å². The summed E-state index contributed by atoms with van der Waals surface area (Å²) < 4.78 is 13.1. The fraction of sp³-hybridized carbons (Fsp3) is 0.0500. The SMILES string of the molecule is CC(=O)c1ccc(-c2ccccc2-c2ccc(F)cc2)cc1. The van der Waals surface area contributed by atoms with Gasteiger partial charge in [0.05, 0.1) is 0 Å². The van der Waals surface area contributed by atoms with E-state index in [-0.39, 0.29) is 11.6 Å². The molecule has 0 aliphatic rings. The Morgan fingerprint density at radius 1 is 0.727 bits per heavy atom. The molecular formula is C20H15FO. The van der Waals surface area contributed by atoms with Gasteiger partial charge < -0.3 is 0 Å². The van der Waals surface area contributed by atoms with Gasteiger partial charge in [-0.1, -0.05) is 60.7 Å². The number of benzene rings is 3. The average molecular weight is 290 g/mol. The fourth-order valence-electron chi connectivity index (χ4n) is 2.50. The molecule has 0 amide bonds. The van der Waals surface area contributed by atoms with E-state index in [9.17, 15) is 9.18 Å². The number of ketones is 1. The van der Waals surface area contributed by atoms with E-state index in [2.05, 4.69) is 0 Å². The summed E-state index contributed by atoms with van der Waals surface area (Å²) in [5, 5.41) is 0. The molecule has 0 heterocycles. The maximum atomic E-state index is 13.1. The van der Waals surface area contributed by atoms with Crippen molar-refractivity contribution in [1.82, 2.24) is 0 Å². The Balaban J connectivity index is 2.08. The smallest absolute Gasteiger partial charge is 0.159 e. The molecule has 22 heavy (non-hydrogen) atoms. The molecule has 3 aromatic carbocycles. The van der Waals surface area contributed by atoms with Crippen molar-refractivity contribution in [2.75, 3.05) is 0 Å². The highest BCUT2D eigenvalue weighted by Gasteiger charge is 2.08. The van der Waals surface area contributed by atoms with E-state index in [1.54, 1.807) is 19.1 Å². The predicted molar refractivity (Wildman–Crippen MR) is 87.3 cm³/mol. The quantitative estimate of drug-likeness (QED) is 0.593. The Bertz CT molecular complexity index is 802. The van der Waals surface area contributed by atoms with Crippen LogP contribution in [0, 0.1) is 5.82 Å². The van der Waals surface area contributed by atoms with Gasteiger partial charge in [-0.25, -0.2) is 4.39 Å². The third kappa shape index (κ3) is 2.82. The molecular weight excluding hydrogens is 275 g/mol. The largest absolute Gasteiger partial charge is 0.295 e. The van der Waals surface area contributed by atoms with Gasteiger partial charge in [-0.3, -0.25) is 4.79 Å². The van der Waals surface area contributed by atoms with Crippen LogP contribution in [0.1, 0.15) is 17.3 Å². The zero-order valence-corrected chi connectivity index (χ0v) is 12.2. The highest BCUT2D eigenvalue weighted by Crippen LogP contribution is 2.32. The molecule has 2 heteroatoms. The monoisotopic (exact) mass is 290 g/mol. The molecule has 3 aromatic rings.